The third kappa shape index (κ3) is 6.55. The van der Waals surface area contributed by atoms with Crippen LogP contribution in [0.5, 0.6) is 0 Å². The fraction of sp³-hybridized carbons (Fsp3) is 0.444. The van der Waals surface area contributed by atoms with Crippen molar-refractivity contribution in [1.82, 2.24) is 25.3 Å². The number of aryl methyl sites for hydroxylation is 1. The first kappa shape index (κ1) is 20.6. The molecular weight excluding hydrogens is 368 g/mol. The predicted octanol–water partition coefficient (Wildman–Crippen LogP) is 2.63. The van der Waals surface area contributed by atoms with E-state index >= 15 is 0 Å². The molecule has 0 saturated heterocycles. The van der Waals surface area contributed by atoms with Crippen molar-refractivity contribution < 1.29 is 0 Å². The van der Waals surface area contributed by atoms with Crippen LogP contribution >= 0.6 is 23.4 Å². The molecule has 8 heteroatoms. The molecule has 2 rings (SSSR count). The van der Waals surface area contributed by atoms with Crippen LogP contribution in [-0.4, -0.2) is 60.6 Å². The first-order valence-corrected chi connectivity index (χ1v) is 9.84. The highest BCUT2D eigenvalue weighted by Crippen LogP contribution is 2.19. The number of aliphatic imine (C=N–C) groups is 1. The fourth-order valence-electron chi connectivity index (χ4n) is 2.49. The van der Waals surface area contributed by atoms with Gasteiger partial charge in [-0.2, -0.15) is 5.10 Å². The lowest BCUT2D eigenvalue weighted by molar-refractivity contribution is 0.298. The van der Waals surface area contributed by atoms with Gasteiger partial charge in [-0.25, -0.2) is 0 Å². The van der Waals surface area contributed by atoms with E-state index in [2.05, 4.69) is 39.7 Å². The van der Waals surface area contributed by atoms with E-state index in [-0.39, 0.29) is 6.04 Å². The number of nitrogens with zero attached hydrogens (tertiary/aromatic N) is 4. The number of hydrogen-bond acceptors (Lipinski definition) is 4. The monoisotopic (exact) mass is 394 g/mol. The highest BCUT2D eigenvalue weighted by molar-refractivity contribution is 7.99. The quantitative estimate of drug-likeness (QED) is 0.312. The second kappa shape index (κ2) is 10.4. The van der Waals surface area contributed by atoms with Crippen molar-refractivity contribution in [3.8, 4) is 0 Å². The summed E-state index contributed by atoms with van der Waals surface area (Å²) in [6, 6.07) is 8.13. The Morgan fingerprint density at radius 2 is 2.04 bits per heavy atom. The van der Waals surface area contributed by atoms with E-state index in [0.717, 1.165) is 29.8 Å². The van der Waals surface area contributed by atoms with Gasteiger partial charge in [0.1, 0.15) is 0 Å². The molecule has 6 nitrogen and oxygen atoms in total. The summed E-state index contributed by atoms with van der Waals surface area (Å²) in [5.74, 6) is 1.75. The molecule has 0 amide bonds. The third-order valence-electron chi connectivity index (χ3n) is 3.90. The zero-order chi connectivity index (χ0) is 18.9. The Bertz CT molecular complexity index is 698. The summed E-state index contributed by atoms with van der Waals surface area (Å²) in [6.45, 7) is 1.58. The molecule has 1 heterocycles. The fourth-order valence-corrected chi connectivity index (χ4v) is 3.39. The maximum atomic E-state index is 5.91. The van der Waals surface area contributed by atoms with Crippen molar-refractivity contribution >= 4 is 29.3 Å². The lowest BCUT2D eigenvalue weighted by atomic mass is 10.1. The maximum absolute atomic E-state index is 5.91. The molecule has 0 aliphatic carbocycles. The molecule has 0 radical (unpaired) electrons. The Labute approximate surface area is 165 Å². The standard InChI is InChI=1S/C18H27ClN6S/c1-20-18(21-9-10-26-16-7-5-15(19)6-8-16)22-12-17(24(2)3)14-11-23-25(4)13-14/h5-8,11,13,17H,9-10,12H2,1-4H3,(H2,20,21,22). The lowest BCUT2D eigenvalue weighted by Gasteiger charge is -2.24. The zero-order valence-corrected chi connectivity index (χ0v) is 17.3. The van der Waals surface area contributed by atoms with Gasteiger partial charge in [-0.1, -0.05) is 11.6 Å². The van der Waals surface area contributed by atoms with E-state index in [1.807, 2.05) is 48.4 Å². The number of guanidine groups is 1. The number of rotatable bonds is 8. The number of aromatic nitrogens is 2. The van der Waals surface area contributed by atoms with Crippen LogP contribution < -0.4 is 10.6 Å². The summed E-state index contributed by atoms with van der Waals surface area (Å²) in [5.41, 5.74) is 1.18. The zero-order valence-electron chi connectivity index (χ0n) is 15.7. The average Bonchev–Trinajstić information content (AvgIpc) is 3.04. The second-order valence-corrected chi connectivity index (χ2v) is 7.71. The van der Waals surface area contributed by atoms with Gasteiger partial charge >= 0.3 is 0 Å². The van der Waals surface area contributed by atoms with Gasteiger partial charge in [0.2, 0.25) is 0 Å². The van der Waals surface area contributed by atoms with Crippen LogP contribution in [0.1, 0.15) is 11.6 Å². The molecule has 1 atom stereocenters. The second-order valence-electron chi connectivity index (χ2n) is 6.11. The number of likely N-dealkylation sites (N-methyl/N-ethyl adjacent to an activating group) is 1. The summed E-state index contributed by atoms with van der Waals surface area (Å²) in [7, 11) is 7.86. The largest absolute Gasteiger partial charge is 0.356 e. The SMILES string of the molecule is CN=C(NCCSc1ccc(Cl)cc1)NCC(c1cnn(C)c1)N(C)C. The molecule has 1 aromatic carbocycles. The number of hydrogen-bond donors (Lipinski definition) is 2. The predicted molar refractivity (Wildman–Crippen MR) is 111 cm³/mol. The van der Waals surface area contributed by atoms with Crippen molar-refractivity contribution in [3.63, 3.8) is 0 Å². The van der Waals surface area contributed by atoms with Gasteiger partial charge in [0.05, 0.1) is 12.2 Å². The molecule has 0 aliphatic heterocycles. The Morgan fingerprint density at radius 1 is 1.31 bits per heavy atom. The Morgan fingerprint density at radius 3 is 2.62 bits per heavy atom. The van der Waals surface area contributed by atoms with Crippen LogP contribution in [0.15, 0.2) is 46.5 Å². The highest BCUT2D eigenvalue weighted by Gasteiger charge is 2.16. The molecule has 0 aliphatic rings. The van der Waals surface area contributed by atoms with Gasteiger partial charge in [-0.15, -0.1) is 11.8 Å². The summed E-state index contributed by atoms with van der Waals surface area (Å²) in [6.07, 6.45) is 3.95. The number of thioether (sulfide) groups is 1. The molecule has 1 unspecified atom stereocenters. The van der Waals surface area contributed by atoms with E-state index < -0.39 is 0 Å². The molecule has 26 heavy (non-hydrogen) atoms. The molecule has 0 fully saturated rings. The third-order valence-corrected chi connectivity index (χ3v) is 5.16. The molecule has 2 N–H and O–H groups in total. The molecule has 0 saturated carbocycles. The van der Waals surface area contributed by atoms with Gasteiger partial charge in [0.25, 0.3) is 0 Å². The van der Waals surface area contributed by atoms with Crippen LogP contribution in [-0.2, 0) is 7.05 Å². The smallest absolute Gasteiger partial charge is 0.191 e. The average molecular weight is 395 g/mol. The number of nitrogens with one attached hydrogen (secondary N) is 2. The van der Waals surface area contributed by atoms with Crippen LogP contribution in [0.3, 0.4) is 0 Å². The summed E-state index contributed by atoms with van der Waals surface area (Å²) in [5, 5.41) is 11.8. The van der Waals surface area contributed by atoms with Gasteiger partial charge in [-0.05, 0) is 38.4 Å². The van der Waals surface area contributed by atoms with E-state index in [4.69, 9.17) is 11.6 Å². The van der Waals surface area contributed by atoms with Gasteiger partial charge in [-0.3, -0.25) is 9.67 Å². The molecule has 0 spiro atoms. The van der Waals surface area contributed by atoms with E-state index in [1.165, 1.54) is 10.5 Å². The molecule has 2 aromatic rings. The summed E-state index contributed by atoms with van der Waals surface area (Å²) in [4.78, 5) is 7.69. The first-order valence-electron chi connectivity index (χ1n) is 8.47. The topological polar surface area (TPSA) is 57.5 Å². The van der Waals surface area contributed by atoms with Gasteiger partial charge in [0, 0.05) is 54.6 Å². The van der Waals surface area contributed by atoms with E-state index in [1.54, 1.807) is 18.8 Å². The first-order chi connectivity index (χ1) is 12.5. The van der Waals surface area contributed by atoms with Gasteiger partial charge in [0.15, 0.2) is 5.96 Å². The Kier molecular flexibility index (Phi) is 8.28. The van der Waals surface area contributed by atoms with Crippen molar-refractivity contribution in [2.24, 2.45) is 12.0 Å². The molecule has 1 aromatic heterocycles. The highest BCUT2D eigenvalue weighted by atomic mass is 35.5. The Hall–Kier alpha value is -1.70. The van der Waals surface area contributed by atoms with Crippen LogP contribution in [0.4, 0.5) is 0 Å². The molecule has 142 valence electrons. The van der Waals surface area contributed by atoms with Crippen molar-refractivity contribution in [2.75, 3.05) is 40.0 Å². The normalized spacial score (nSPS) is 13.1. The minimum atomic E-state index is 0.227. The maximum Gasteiger partial charge on any atom is 0.191 e. The number of halogens is 1. The van der Waals surface area contributed by atoms with Crippen molar-refractivity contribution in [2.45, 2.75) is 10.9 Å². The Balaban J connectivity index is 1.76. The summed E-state index contributed by atoms with van der Waals surface area (Å²) < 4.78 is 1.83. The lowest BCUT2D eigenvalue weighted by Crippen LogP contribution is -2.42. The van der Waals surface area contributed by atoms with E-state index in [0.29, 0.717) is 0 Å². The van der Waals surface area contributed by atoms with Crippen LogP contribution in [0, 0.1) is 0 Å². The van der Waals surface area contributed by atoms with Crippen LogP contribution in [0.25, 0.3) is 0 Å². The van der Waals surface area contributed by atoms with Gasteiger partial charge < -0.3 is 15.5 Å². The molecular formula is C18H27ClN6S. The summed E-state index contributed by atoms with van der Waals surface area (Å²) >= 11 is 7.69. The minimum Gasteiger partial charge on any atom is -0.356 e. The van der Waals surface area contributed by atoms with E-state index in [9.17, 15) is 0 Å². The van der Waals surface area contributed by atoms with Crippen molar-refractivity contribution in [1.29, 1.82) is 0 Å². The van der Waals surface area contributed by atoms with Crippen molar-refractivity contribution in [3.05, 3.63) is 47.2 Å². The van der Waals surface area contributed by atoms with Crippen LogP contribution in [0.2, 0.25) is 5.02 Å². The minimum absolute atomic E-state index is 0.227. The number of benzene rings is 1. The molecule has 0 bridgehead atoms.